The Hall–Kier alpha value is -0.890. The van der Waals surface area contributed by atoms with Gasteiger partial charge in [-0.25, -0.2) is 8.78 Å². The normalized spacial score (nSPS) is 23.1. The topological polar surface area (TPSA) is 46.6 Å². The average molecular weight is 320 g/mol. The van der Waals surface area contributed by atoms with Crippen LogP contribution in [0.4, 0.5) is 17.6 Å². The van der Waals surface area contributed by atoms with Gasteiger partial charge in [0, 0.05) is 6.54 Å². The molecule has 1 fully saturated rings. The van der Waals surface area contributed by atoms with Crippen molar-refractivity contribution in [2.45, 2.75) is 25.3 Å². The van der Waals surface area contributed by atoms with E-state index < -0.39 is 36.0 Å². The molecule has 1 aliphatic rings. The summed E-state index contributed by atoms with van der Waals surface area (Å²) in [5.41, 5.74) is 0. The van der Waals surface area contributed by atoms with Crippen molar-refractivity contribution in [1.29, 1.82) is 0 Å². The second kappa shape index (κ2) is 6.71. The van der Waals surface area contributed by atoms with Crippen LogP contribution in [-0.4, -0.2) is 60.6 Å². The van der Waals surface area contributed by atoms with Gasteiger partial charge >= 0.3 is 12.3 Å². The molecule has 0 aromatic rings. The molecule has 0 N–H and O–H groups in total. The lowest BCUT2D eigenvalue weighted by atomic mass is 9.97. The molecule has 1 amide bonds. The number of carbonyl (C=O) groups is 2. The first kappa shape index (κ1) is 17.2. The molecule has 0 aliphatic carbocycles. The van der Waals surface area contributed by atoms with Crippen LogP contribution in [0.3, 0.4) is 0 Å². The first-order valence-corrected chi connectivity index (χ1v) is 6.44. The zero-order chi connectivity index (χ0) is 15.5. The minimum Gasteiger partial charge on any atom is -0.378 e. The lowest BCUT2D eigenvalue weighted by Gasteiger charge is -2.32. The first-order valence-electron chi connectivity index (χ1n) is 5.90. The summed E-state index contributed by atoms with van der Waals surface area (Å²) in [7, 11) is 0. The molecular formula is C11H14ClF4NO3. The van der Waals surface area contributed by atoms with Crippen LogP contribution < -0.4 is 0 Å². The number of likely N-dealkylation sites (N-methyl/N-ethyl adjacent to an activating group) is 1. The molecule has 20 heavy (non-hydrogen) atoms. The van der Waals surface area contributed by atoms with Crippen LogP contribution >= 0.6 is 11.6 Å². The van der Waals surface area contributed by atoms with E-state index in [0.717, 1.165) is 0 Å². The van der Waals surface area contributed by atoms with E-state index in [1.165, 1.54) is 6.92 Å². The third-order valence-corrected chi connectivity index (χ3v) is 3.42. The van der Waals surface area contributed by atoms with E-state index in [1.54, 1.807) is 0 Å². The molecule has 1 saturated heterocycles. The molecule has 4 nitrogen and oxygen atoms in total. The van der Waals surface area contributed by atoms with E-state index in [9.17, 15) is 27.2 Å². The van der Waals surface area contributed by atoms with Crippen molar-refractivity contribution in [1.82, 2.24) is 4.90 Å². The van der Waals surface area contributed by atoms with Crippen molar-refractivity contribution < 1.29 is 31.9 Å². The van der Waals surface area contributed by atoms with Crippen molar-refractivity contribution in [2.75, 3.05) is 25.6 Å². The van der Waals surface area contributed by atoms with Gasteiger partial charge in [0.25, 0.3) is 5.91 Å². The lowest BCUT2D eigenvalue weighted by molar-refractivity contribution is -0.183. The number of Topliss-reactive ketones (excluding diaryl/α,β-unsaturated/α-hetero) is 1. The number of hydrogen-bond donors (Lipinski definition) is 0. The molecule has 1 heterocycles. The van der Waals surface area contributed by atoms with E-state index in [4.69, 9.17) is 16.3 Å². The third-order valence-electron chi connectivity index (χ3n) is 3.16. The number of ether oxygens (including phenoxy) is 1. The molecular weight excluding hydrogens is 306 g/mol. The minimum absolute atomic E-state index is 0.0692. The highest BCUT2D eigenvalue weighted by atomic mass is 35.5. The summed E-state index contributed by atoms with van der Waals surface area (Å²) in [6.07, 6.45) is -4.10. The van der Waals surface area contributed by atoms with Gasteiger partial charge in [0.2, 0.25) is 0 Å². The number of amides is 1. The van der Waals surface area contributed by atoms with Crippen LogP contribution in [0.25, 0.3) is 0 Å². The van der Waals surface area contributed by atoms with Crippen molar-refractivity contribution in [3.8, 4) is 0 Å². The van der Waals surface area contributed by atoms with Crippen LogP contribution in [0.1, 0.15) is 6.92 Å². The van der Waals surface area contributed by atoms with E-state index in [0.29, 0.717) is 4.90 Å². The van der Waals surface area contributed by atoms with Gasteiger partial charge in [-0.15, -0.1) is 11.6 Å². The molecule has 1 rings (SSSR count). The van der Waals surface area contributed by atoms with Crippen LogP contribution in [0.2, 0.25) is 0 Å². The summed E-state index contributed by atoms with van der Waals surface area (Å²) < 4.78 is 55.8. The summed E-state index contributed by atoms with van der Waals surface area (Å²) in [6, 6.07) is -0.997. The Morgan fingerprint density at radius 3 is 2.45 bits per heavy atom. The highest BCUT2D eigenvalue weighted by Crippen LogP contribution is 2.29. The molecule has 2 unspecified atom stereocenters. The van der Waals surface area contributed by atoms with E-state index in [-0.39, 0.29) is 25.6 Å². The van der Waals surface area contributed by atoms with E-state index in [2.05, 4.69) is 0 Å². The Morgan fingerprint density at radius 1 is 1.40 bits per heavy atom. The Bertz CT molecular complexity index is 381. The SMILES string of the molecule is CCN(C(=O)C(F)(F)C(F)F)C1COCC1C(=O)CCl. The fourth-order valence-corrected chi connectivity index (χ4v) is 2.27. The predicted molar refractivity (Wildman–Crippen MR) is 62.2 cm³/mol. The molecule has 1 aliphatic heterocycles. The Balaban J connectivity index is 2.95. The lowest BCUT2D eigenvalue weighted by Crippen LogP contribution is -2.54. The smallest absolute Gasteiger partial charge is 0.378 e. The predicted octanol–water partition coefficient (Wildman–Crippen LogP) is 1.56. The minimum atomic E-state index is -4.78. The van der Waals surface area contributed by atoms with Gasteiger partial charge in [-0.3, -0.25) is 9.59 Å². The number of rotatable bonds is 6. The van der Waals surface area contributed by atoms with Crippen LogP contribution in [-0.2, 0) is 14.3 Å². The number of carbonyl (C=O) groups excluding carboxylic acids is 2. The van der Waals surface area contributed by atoms with Crippen molar-refractivity contribution in [3.63, 3.8) is 0 Å². The molecule has 0 radical (unpaired) electrons. The number of halogens is 5. The highest BCUT2D eigenvalue weighted by Gasteiger charge is 2.53. The molecule has 0 aromatic carbocycles. The van der Waals surface area contributed by atoms with E-state index >= 15 is 0 Å². The van der Waals surface area contributed by atoms with Gasteiger partial charge in [-0.2, -0.15) is 8.78 Å². The molecule has 9 heteroatoms. The largest absolute Gasteiger partial charge is 0.383 e. The molecule has 0 spiro atoms. The van der Waals surface area contributed by atoms with Gasteiger partial charge < -0.3 is 9.64 Å². The fourth-order valence-electron chi connectivity index (χ4n) is 2.07. The zero-order valence-electron chi connectivity index (χ0n) is 10.6. The number of hydrogen-bond acceptors (Lipinski definition) is 3. The van der Waals surface area contributed by atoms with Gasteiger partial charge in [0.15, 0.2) is 5.78 Å². The second-order valence-corrected chi connectivity index (χ2v) is 4.59. The van der Waals surface area contributed by atoms with Crippen LogP contribution in [0, 0.1) is 5.92 Å². The zero-order valence-corrected chi connectivity index (χ0v) is 11.4. The van der Waals surface area contributed by atoms with Crippen LogP contribution in [0.15, 0.2) is 0 Å². The molecule has 0 aromatic heterocycles. The molecule has 0 saturated carbocycles. The summed E-state index contributed by atoms with van der Waals surface area (Å²) in [5, 5.41) is 0. The van der Waals surface area contributed by atoms with Crippen molar-refractivity contribution in [3.05, 3.63) is 0 Å². The fraction of sp³-hybridized carbons (Fsp3) is 0.818. The molecule has 0 bridgehead atoms. The standard InChI is InChI=1S/C11H14ClF4NO3/c1-2-17(10(19)11(15,16)9(13)14)7-5-20-4-6(7)8(18)3-12/h6-7,9H,2-5H2,1H3. The second-order valence-electron chi connectivity index (χ2n) is 4.33. The maximum absolute atomic E-state index is 13.1. The number of nitrogens with zero attached hydrogens (tertiary/aromatic N) is 1. The van der Waals surface area contributed by atoms with Gasteiger partial charge in [0.1, 0.15) is 0 Å². The molecule has 116 valence electrons. The maximum atomic E-state index is 13.1. The van der Waals surface area contributed by atoms with Gasteiger partial charge in [-0.1, -0.05) is 0 Å². The highest BCUT2D eigenvalue weighted by molar-refractivity contribution is 6.28. The Labute approximate surface area is 118 Å². The number of alkyl halides is 5. The maximum Gasteiger partial charge on any atom is 0.383 e. The first-order chi connectivity index (χ1) is 9.27. The van der Waals surface area contributed by atoms with Crippen LogP contribution in [0.5, 0.6) is 0 Å². The Kier molecular flexibility index (Phi) is 5.76. The third kappa shape index (κ3) is 3.22. The Morgan fingerprint density at radius 2 is 2.00 bits per heavy atom. The summed E-state index contributed by atoms with van der Waals surface area (Å²) in [4.78, 5) is 23.7. The summed E-state index contributed by atoms with van der Waals surface area (Å²) in [6.45, 7) is 0.897. The summed E-state index contributed by atoms with van der Waals surface area (Å²) >= 11 is 5.39. The average Bonchev–Trinajstić information content (AvgIpc) is 2.87. The molecule has 2 atom stereocenters. The number of ketones is 1. The van der Waals surface area contributed by atoms with E-state index in [1.807, 2.05) is 0 Å². The van der Waals surface area contributed by atoms with Gasteiger partial charge in [0.05, 0.1) is 31.1 Å². The van der Waals surface area contributed by atoms with Gasteiger partial charge in [-0.05, 0) is 6.92 Å². The van der Waals surface area contributed by atoms with Crippen molar-refractivity contribution in [2.24, 2.45) is 5.92 Å². The quantitative estimate of drug-likeness (QED) is 0.551. The monoisotopic (exact) mass is 319 g/mol. The summed E-state index contributed by atoms with van der Waals surface area (Å²) in [5.74, 6) is -8.49. The van der Waals surface area contributed by atoms with Crippen molar-refractivity contribution >= 4 is 23.3 Å².